The summed E-state index contributed by atoms with van der Waals surface area (Å²) in [5, 5.41) is 9.28. The van der Waals surface area contributed by atoms with Gasteiger partial charge < -0.3 is 0 Å². The Morgan fingerprint density at radius 1 is 1.54 bits per heavy atom. The van der Waals surface area contributed by atoms with Crippen LogP contribution in [0.15, 0.2) is 18.5 Å². The Labute approximate surface area is 82.0 Å². The van der Waals surface area contributed by atoms with Crippen LogP contribution in [0.1, 0.15) is 29.2 Å². The van der Waals surface area contributed by atoms with E-state index >= 15 is 0 Å². The van der Waals surface area contributed by atoms with Crippen molar-refractivity contribution >= 4 is 11.8 Å². The van der Waals surface area contributed by atoms with Crippen LogP contribution in [-0.2, 0) is 0 Å². The fourth-order valence-corrected chi connectivity index (χ4v) is 2.81. The van der Waals surface area contributed by atoms with Gasteiger partial charge in [0.15, 0.2) is 0 Å². The first kappa shape index (κ1) is 8.58. The van der Waals surface area contributed by atoms with E-state index in [9.17, 15) is 0 Å². The molecule has 0 aromatic carbocycles. The first-order valence-corrected chi connectivity index (χ1v) is 5.41. The lowest BCUT2D eigenvalue weighted by atomic mass is 10.1. The second-order valence-corrected chi connectivity index (χ2v) is 4.43. The quantitative estimate of drug-likeness (QED) is 0.682. The van der Waals surface area contributed by atoms with E-state index in [1.54, 1.807) is 6.20 Å². The van der Waals surface area contributed by atoms with Crippen molar-refractivity contribution in [1.82, 2.24) is 4.98 Å². The molecular formula is C10H10N2S. The first-order chi connectivity index (χ1) is 6.40. The highest BCUT2D eigenvalue weighted by atomic mass is 32.2. The average molecular weight is 190 g/mol. The predicted octanol–water partition coefficient (Wildman–Crippen LogP) is 2.52. The van der Waals surface area contributed by atoms with E-state index in [2.05, 4.69) is 11.1 Å². The summed E-state index contributed by atoms with van der Waals surface area (Å²) in [5.74, 6) is 1.24. The maximum absolute atomic E-state index is 8.71. The molecule has 0 aliphatic carbocycles. The molecule has 1 aromatic heterocycles. The highest BCUT2D eigenvalue weighted by molar-refractivity contribution is 7.99. The van der Waals surface area contributed by atoms with Crippen LogP contribution in [0.2, 0.25) is 0 Å². The minimum Gasteiger partial charge on any atom is -0.263 e. The number of pyridine rings is 1. The van der Waals surface area contributed by atoms with Gasteiger partial charge in [0.1, 0.15) is 6.07 Å². The first-order valence-electron chi connectivity index (χ1n) is 4.37. The molecule has 3 heteroatoms. The van der Waals surface area contributed by atoms with Crippen molar-refractivity contribution in [3.63, 3.8) is 0 Å². The lowest BCUT2D eigenvalue weighted by molar-refractivity contribution is 0.825. The van der Waals surface area contributed by atoms with E-state index in [1.165, 1.54) is 24.2 Å². The summed E-state index contributed by atoms with van der Waals surface area (Å²) in [7, 11) is 0. The Balaban J connectivity index is 2.25. The van der Waals surface area contributed by atoms with Crippen molar-refractivity contribution in [2.45, 2.75) is 18.1 Å². The zero-order chi connectivity index (χ0) is 9.10. The number of nitriles is 1. The van der Waals surface area contributed by atoms with Crippen molar-refractivity contribution in [2.24, 2.45) is 0 Å². The molecule has 1 unspecified atom stereocenters. The van der Waals surface area contributed by atoms with Gasteiger partial charge in [-0.2, -0.15) is 17.0 Å². The molecule has 1 atom stereocenters. The molecule has 1 fully saturated rings. The van der Waals surface area contributed by atoms with Gasteiger partial charge in [-0.1, -0.05) is 0 Å². The molecule has 1 aliphatic rings. The Hall–Kier alpha value is -1.01. The molecule has 1 saturated heterocycles. The highest BCUT2D eigenvalue weighted by Crippen LogP contribution is 2.39. The molecule has 66 valence electrons. The number of hydrogen-bond donors (Lipinski definition) is 0. The number of thioether (sulfide) groups is 1. The summed E-state index contributed by atoms with van der Waals surface area (Å²) in [6, 6.07) is 4.07. The van der Waals surface area contributed by atoms with E-state index in [0.29, 0.717) is 10.8 Å². The van der Waals surface area contributed by atoms with Crippen molar-refractivity contribution in [3.8, 4) is 6.07 Å². The van der Waals surface area contributed by atoms with E-state index in [1.807, 2.05) is 24.0 Å². The summed E-state index contributed by atoms with van der Waals surface area (Å²) in [4.78, 5) is 4.06. The van der Waals surface area contributed by atoms with Crippen LogP contribution in [0.5, 0.6) is 0 Å². The Morgan fingerprint density at radius 2 is 2.46 bits per heavy atom. The van der Waals surface area contributed by atoms with Gasteiger partial charge in [-0.15, -0.1) is 0 Å². The monoisotopic (exact) mass is 190 g/mol. The van der Waals surface area contributed by atoms with Gasteiger partial charge in [-0.25, -0.2) is 0 Å². The minimum atomic E-state index is 0.570. The van der Waals surface area contributed by atoms with Crippen LogP contribution in [0.4, 0.5) is 0 Å². The van der Waals surface area contributed by atoms with Gasteiger partial charge >= 0.3 is 0 Å². The second kappa shape index (κ2) is 3.80. The Morgan fingerprint density at radius 3 is 3.15 bits per heavy atom. The Kier molecular flexibility index (Phi) is 2.51. The van der Waals surface area contributed by atoms with Crippen LogP contribution in [-0.4, -0.2) is 10.7 Å². The third-order valence-corrected chi connectivity index (χ3v) is 3.62. The normalized spacial score (nSPS) is 21.3. The molecule has 2 rings (SSSR count). The zero-order valence-electron chi connectivity index (χ0n) is 7.23. The number of nitrogens with zero attached hydrogens (tertiary/aromatic N) is 2. The molecule has 0 radical (unpaired) electrons. The standard InChI is InChI=1S/C10H10N2S/c11-5-8-4-9(7-12-6-8)10-2-1-3-13-10/h4,6-7,10H,1-3H2. The molecule has 1 aromatic rings. The molecule has 2 nitrogen and oxygen atoms in total. The summed E-state index contributed by atoms with van der Waals surface area (Å²) in [6.45, 7) is 0. The fraction of sp³-hybridized carbons (Fsp3) is 0.400. The summed E-state index contributed by atoms with van der Waals surface area (Å²) >= 11 is 1.97. The lowest BCUT2D eigenvalue weighted by Crippen LogP contribution is -1.90. The van der Waals surface area contributed by atoms with Gasteiger partial charge in [0, 0.05) is 17.6 Å². The molecule has 1 aliphatic heterocycles. The third kappa shape index (κ3) is 1.84. The molecule has 0 amide bonds. The number of aromatic nitrogens is 1. The molecule has 0 N–H and O–H groups in total. The molecular weight excluding hydrogens is 180 g/mol. The Bertz CT molecular complexity index is 337. The molecule has 0 bridgehead atoms. The third-order valence-electron chi connectivity index (χ3n) is 2.19. The van der Waals surface area contributed by atoms with Gasteiger partial charge in [-0.05, 0) is 30.2 Å². The van der Waals surface area contributed by atoms with E-state index in [-0.39, 0.29) is 0 Å². The van der Waals surface area contributed by atoms with Gasteiger partial charge in [0.05, 0.1) is 5.56 Å². The van der Waals surface area contributed by atoms with Crippen molar-refractivity contribution in [2.75, 3.05) is 5.75 Å². The van der Waals surface area contributed by atoms with Crippen molar-refractivity contribution in [3.05, 3.63) is 29.6 Å². The fourth-order valence-electron chi connectivity index (χ4n) is 1.54. The van der Waals surface area contributed by atoms with Crippen molar-refractivity contribution < 1.29 is 0 Å². The smallest absolute Gasteiger partial charge is 0.101 e. The van der Waals surface area contributed by atoms with Crippen LogP contribution in [0.3, 0.4) is 0 Å². The van der Waals surface area contributed by atoms with Gasteiger partial charge in [-0.3, -0.25) is 4.98 Å². The molecule has 0 spiro atoms. The lowest BCUT2D eigenvalue weighted by Gasteiger charge is -2.07. The number of hydrogen-bond acceptors (Lipinski definition) is 3. The van der Waals surface area contributed by atoms with E-state index < -0.39 is 0 Å². The van der Waals surface area contributed by atoms with Crippen molar-refractivity contribution in [1.29, 1.82) is 5.26 Å². The zero-order valence-corrected chi connectivity index (χ0v) is 8.05. The van der Waals surface area contributed by atoms with Crippen LogP contribution < -0.4 is 0 Å². The van der Waals surface area contributed by atoms with E-state index in [0.717, 1.165) is 0 Å². The highest BCUT2D eigenvalue weighted by Gasteiger charge is 2.17. The van der Waals surface area contributed by atoms with Crippen LogP contribution in [0.25, 0.3) is 0 Å². The van der Waals surface area contributed by atoms with E-state index in [4.69, 9.17) is 5.26 Å². The summed E-state index contributed by atoms with van der Waals surface area (Å²) < 4.78 is 0. The molecule has 2 heterocycles. The average Bonchev–Trinajstić information content (AvgIpc) is 2.71. The molecule has 0 saturated carbocycles. The minimum absolute atomic E-state index is 0.570. The maximum atomic E-state index is 8.71. The van der Waals surface area contributed by atoms with Crippen LogP contribution >= 0.6 is 11.8 Å². The van der Waals surface area contributed by atoms with Gasteiger partial charge in [0.25, 0.3) is 0 Å². The number of rotatable bonds is 1. The topological polar surface area (TPSA) is 36.7 Å². The predicted molar refractivity (Wildman–Crippen MR) is 53.4 cm³/mol. The second-order valence-electron chi connectivity index (χ2n) is 3.12. The largest absolute Gasteiger partial charge is 0.263 e. The van der Waals surface area contributed by atoms with Gasteiger partial charge in [0.2, 0.25) is 0 Å². The van der Waals surface area contributed by atoms with Crippen LogP contribution in [0, 0.1) is 11.3 Å². The molecule has 13 heavy (non-hydrogen) atoms. The summed E-state index contributed by atoms with van der Waals surface area (Å²) in [6.07, 6.45) is 6.00. The maximum Gasteiger partial charge on any atom is 0.101 e. The SMILES string of the molecule is N#Cc1cncc(C2CCCS2)c1. The summed E-state index contributed by atoms with van der Waals surface area (Å²) in [5.41, 5.74) is 1.88.